The van der Waals surface area contributed by atoms with Crippen molar-refractivity contribution in [1.29, 1.82) is 0 Å². The summed E-state index contributed by atoms with van der Waals surface area (Å²) in [7, 11) is -1.91. The van der Waals surface area contributed by atoms with Crippen LogP contribution in [0, 0.1) is 6.92 Å². The molecule has 0 saturated heterocycles. The summed E-state index contributed by atoms with van der Waals surface area (Å²) in [6, 6.07) is 18.5. The van der Waals surface area contributed by atoms with Gasteiger partial charge in [0.05, 0.1) is 15.1 Å². The molecule has 0 saturated carbocycles. The highest BCUT2D eigenvalue weighted by atomic mass is 79.9. The summed E-state index contributed by atoms with van der Waals surface area (Å²) in [5.41, 5.74) is 3.12. The number of halogens is 2. The fraction of sp³-hybridized carbons (Fsp3) is 0.208. The van der Waals surface area contributed by atoms with E-state index in [1.807, 2.05) is 66.1 Å². The van der Waals surface area contributed by atoms with Crippen molar-refractivity contribution in [2.45, 2.75) is 18.2 Å². The predicted molar refractivity (Wildman–Crippen MR) is 137 cm³/mol. The van der Waals surface area contributed by atoms with Crippen LogP contribution in [0.15, 0.2) is 76.2 Å². The van der Waals surface area contributed by atoms with Crippen molar-refractivity contribution in [3.05, 3.63) is 81.9 Å². The van der Waals surface area contributed by atoms with Crippen LogP contribution in [0.5, 0.6) is 0 Å². The van der Waals surface area contributed by atoms with Crippen LogP contribution in [0.25, 0.3) is 16.9 Å². The number of hydrogen-bond donors (Lipinski definition) is 1. The topological polar surface area (TPSA) is 66.7 Å². The molecule has 0 aliphatic heterocycles. The van der Waals surface area contributed by atoms with Gasteiger partial charge in [-0.05, 0) is 53.0 Å². The van der Waals surface area contributed by atoms with Crippen molar-refractivity contribution in [2.75, 3.05) is 25.5 Å². The smallest absolute Gasteiger partial charge is 0.243 e. The van der Waals surface area contributed by atoms with Crippen LogP contribution in [-0.4, -0.2) is 42.2 Å². The van der Waals surface area contributed by atoms with Gasteiger partial charge in [-0.25, -0.2) is 17.7 Å². The Morgan fingerprint density at radius 1 is 1.12 bits per heavy atom. The van der Waals surface area contributed by atoms with E-state index >= 15 is 0 Å². The zero-order valence-electron chi connectivity index (χ0n) is 18.3. The first-order valence-electron chi connectivity index (χ1n) is 10.5. The number of anilines is 1. The van der Waals surface area contributed by atoms with Crippen LogP contribution in [0.2, 0.25) is 5.02 Å². The molecule has 172 valence electrons. The van der Waals surface area contributed by atoms with E-state index < -0.39 is 10.0 Å². The molecule has 0 fully saturated rings. The van der Waals surface area contributed by atoms with Gasteiger partial charge in [0.15, 0.2) is 5.65 Å². The highest BCUT2D eigenvalue weighted by Gasteiger charge is 2.22. The Balaban J connectivity index is 1.50. The third-order valence-corrected chi connectivity index (χ3v) is 8.42. The highest BCUT2D eigenvalue weighted by molar-refractivity contribution is 9.10. The molecule has 2 aromatic carbocycles. The summed E-state index contributed by atoms with van der Waals surface area (Å²) in [4.78, 5) is 5.11. The van der Waals surface area contributed by atoms with Crippen LogP contribution in [0.4, 0.5) is 5.82 Å². The summed E-state index contributed by atoms with van der Waals surface area (Å²) in [6.45, 7) is 2.79. The molecule has 0 radical (unpaired) electrons. The SMILES string of the molecule is Cc1ccccc1S(=O)(=O)N(C)CCCNc1cc(-c2ccccc2Cl)nc2c(Br)ccn12. The molecule has 0 aliphatic carbocycles. The Hall–Kier alpha value is -2.39. The third kappa shape index (κ3) is 4.94. The second-order valence-electron chi connectivity index (χ2n) is 7.74. The molecule has 1 N–H and O–H groups in total. The van der Waals surface area contributed by atoms with Gasteiger partial charge in [0, 0.05) is 43.0 Å². The Labute approximate surface area is 207 Å². The molecule has 4 aromatic rings. The van der Waals surface area contributed by atoms with Gasteiger partial charge in [0.2, 0.25) is 10.0 Å². The van der Waals surface area contributed by atoms with E-state index in [1.165, 1.54) is 4.31 Å². The average molecular weight is 548 g/mol. The molecule has 0 atom stereocenters. The minimum absolute atomic E-state index is 0.345. The Bertz CT molecular complexity index is 1400. The molecular weight excluding hydrogens is 524 g/mol. The summed E-state index contributed by atoms with van der Waals surface area (Å²) in [5, 5.41) is 4.06. The van der Waals surface area contributed by atoms with Crippen molar-refractivity contribution < 1.29 is 8.42 Å². The van der Waals surface area contributed by atoms with Gasteiger partial charge in [0.25, 0.3) is 0 Å². The Morgan fingerprint density at radius 3 is 2.61 bits per heavy atom. The maximum absolute atomic E-state index is 12.9. The van der Waals surface area contributed by atoms with Gasteiger partial charge in [-0.1, -0.05) is 48.0 Å². The Morgan fingerprint density at radius 2 is 1.85 bits per heavy atom. The van der Waals surface area contributed by atoms with Crippen molar-refractivity contribution in [1.82, 2.24) is 13.7 Å². The van der Waals surface area contributed by atoms with Gasteiger partial charge in [-0.3, -0.25) is 4.40 Å². The van der Waals surface area contributed by atoms with E-state index in [2.05, 4.69) is 21.2 Å². The maximum atomic E-state index is 12.9. The standard InChI is InChI=1S/C24H24BrClN4O2S/c1-17-8-3-6-11-22(17)33(31,32)29(2)14-7-13-27-23-16-21(18-9-4-5-10-20(18)26)28-24-19(25)12-15-30(23)24/h3-6,8-12,15-16,27H,7,13-14H2,1-2H3. The molecule has 0 amide bonds. The second kappa shape index (κ2) is 9.85. The van der Waals surface area contributed by atoms with Crippen molar-refractivity contribution in [3.63, 3.8) is 0 Å². The lowest BCUT2D eigenvalue weighted by Crippen LogP contribution is -2.29. The molecule has 2 aromatic heterocycles. The average Bonchev–Trinajstić information content (AvgIpc) is 3.17. The molecule has 33 heavy (non-hydrogen) atoms. The van der Waals surface area contributed by atoms with Gasteiger partial charge in [-0.15, -0.1) is 0 Å². The summed E-state index contributed by atoms with van der Waals surface area (Å²) < 4.78 is 30.0. The number of aryl methyl sites for hydroxylation is 1. The van der Waals surface area contributed by atoms with Crippen LogP contribution < -0.4 is 5.32 Å². The van der Waals surface area contributed by atoms with E-state index in [9.17, 15) is 8.42 Å². The van der Waals surface area contributed by atoms with E-state index in [0.717, 1.165) is 32.8 Å². The third-order valence-electron chi connectivity index (χ3n) is 5.46. The van der Waals surface area contributed by atoms with E-state index in [4.69, 9.17) is 16.6 Å². The van der Waals surface area contributed by atoms with Crippen LogP contribution in [0.3, 0.4) is 0 Å². The minimum Gasteiger partial charge on any atom is -0.371 e. The van der Waals surface area contributed by atoms with E-state index in [-0.39, 0.29) is 0 Å². The zero-order valence-corrected chi connectivity index (χ0v) is 21.5. The van der Waals surface area contributed by atoms with Crippen molar-refractivity contribution in [2.24, 2.45) is 0 Å². The number of aromatic nitrogens is 2. The van der Waals surface area contributed by atoms with Crippen LogP contribution in [0.1, 0.15) is 12.0 Å². The van der Waals surface area contributed by atoms with Gasteiger partial charge < -0.3 is 5.32 Å². The van der Waals surface area contributed by atoms with E-state index in [0.29, 0.717) is 29.4 Å². The molecule has 9 heteroatoms. The molecular formula is C24H24BrClN4O2S. The largest absolute Gasteiger partial charge is 0.371 e. The molecule has 4 rings (SSSR count). The van der Waals surface area contributed by atoms with E-state index in [1.54, 1.807) is 19.2 Å². The molecule has 6 nitrogen and oxygen atoms in total. The Kier molecular flexibility index (Phi) is 7.09. The van der Waals surface area contributed by atoms with Crippen LogP contribution in [-0.2, 0) is 10.0 Å². The lowest BCUT2D eigenvalue weighted by molar-refractivity contribution is 0.465. The fourth-order valence-electron chi connectivity index (χ4n) is 3.64. The number of rotatable bonds is 8. The lowest BCUT2D eigenvalue weighted by Gasteiger charge is -2.19. The molecule has 2 heterocycles. The van der Waals surface area contributed by atoms with Crippen LogP contribution >= 0.6 is 27.5 Å². The summed E-state index contributed by atoms with van der Waals surface area (Å²) >= 11 is 9.96. The molecule has 0 spiro atoms. The number of hydrogen-bond acceptors (Lipinski definition) is 4. The number of nitrogens with zero attached hydrogens (tertiary/aromatic N) is 3. The second-order valence-corrected chi connectivity index (χ2v) is 11.0. The fourth-order valence-corrected chi connectivity index (χ4v) is 5.70. The number of sulfonamides is 1. The predicted octanol–water partition coefficient (Wildman–Crippen LogP) is 5.85. The monoisotopic (exact) mass is 546 g/mol. The normalized spacial score (nSPS) is 11.9. The van der Waals surface area contributed by atoms with Crippen molar-refractivity contribution >= 4 is 49.0 Å². The van der Waals surface area contributed by atoms with Gasteiger partial charge in [0.1, 0.15) is 5.82 Å². The maximum Gasteiger partial charge on any atom is 0.243 e. The molecule has 0 aliphatic rings. The summed E-state index contributed by atoms with van der Waals surface area (Å²) in [5.74, 6) is 0.852. The van der Waals surface area contributed by atoms with Gasteiger partial charge >= 0.3 is 0 Å². The molecule has 0 unspecified atom stereocenters. The first-order chi connectivity index (χ1) is 15.8. The quantitative estimate of drug-likeness (QED) is 0.281. The number of benzene rings is 2. The molecule has 0 bridgehead atoms. The summed E-state index contributed by atoms with van der Waals surface area (Å²) in [6.07, 6.45) is 2.56. The van der Waals surface area contributed by atoms with Crippen molar-refractivity contribution in [3.8, 4) is 11.3 Å². The number of fused-ring (bicyclic) bond motifs is 1. The minimum atomic E-state index is -3.52. The lowest BCUT2D eigenvalue weighted by atomic mass is 10.1. The first-order valence-corrected chi connectivity index (χ1v) is 13.1. The zero-order chi connectivity index (χ0) is 23.6. The highest BCUT2D eigenvalue weighted by Crippen LogP contribution is 2.31. The first kappa shape index (κ1) is 23.8. The number of nitrogens with one attached hydrogen (secondary N) is 1. The van der Waals surface area contributed by atoms with Gasteiger partial charge in [-0.2, -0.15) is 0 Å².